The molecule has 2 atom stereocenters. The van der Waals surface area contributed by atoms with E-state index in [-0.39, 0.29) is 12.1 Å². The molecule has 0 bridgehead atoms. The van der Waals surface area contributed by atoms with Crippen LogP contribution in [-0.2, 0) is 0 Å². The zero-order valence-corrected chi connectivity index (χ0v) is 18.9. The molecule has 2 unspecified atom stereocenters. The van der Waals surface area contributed by atoms with Crippen molar-refractivity contribution in [2.24, 2.45) is 5.92 Å². The Bertz CT molecular complexity index is 930. The molecule has 2 aliphatic heterocycles. The van der Waals surface area contributed by atoms with Gasteiger partial charge in [-0.2, -0.15) is 0 Å². The number of piperidine rings is 1. The van der Waals surface area contributed by atoms with Gasteiger partial charge in [0.15, 0.2) is 0 Å². The number of ether oxygens (including phenoxy) is 3. The fraction of sp³-hybridized carbons (Fsp3) is 0.458. The molecule has 0 radical (unpaired) electrons. The number of hydrogen-bond acceptors (Lipinski definition) is 6. The Hall–Kier alpha value is -2.97. The second-order valence-electron chi connectivity index (χ2n) is 8.28. The van der Waals surface area contributed by atoms with Gasteiger partial charge < -0.3 is 24.4 Å². The number of nitrogens with one attached hydrogen (secondary N) is 3. The van der Waals surface area contributed by atoms with E-state index in [0.29, 0.717) is 29.1 Å². The molecular formula is C24H32N4O4. The normalized spacial score (nSPS) is 21.3. The number of urea groups is 1. The van der Waals surface area contributed by atoms with Crippen LogP contribution in [0.3, 0.4) is 0 Å². The number of hydrogen-bond donors (Lipinski definition) is 3. The Morgan fingerprint density at radius 1 is 0.969 bits per heavy atom. The molecule has 0 aliphatic carbocycles. The summed E-state index contributed by atoms with van der Waals surface area (Å²) in [6.45, 7) is 1.47. The summed E-state index contributed by atoms with van der Waals surface area (Å²) in [4.78, 5) is 14.7. The number of rotatable bonds is 6. The van der Waals surface area contributed by atoms with Crippen LogP contribution in [0.25, 0.3) is 0 Å². The average Bonchev–Trinajstić information content (AvgIpc) is 3.35. The van der Waals surface area contributed by atoms with Crippen LogP contribution in [0.5, 0.6) is 17.2 Å². The zero-order valence-electron chi connectivity index (χ0n) is 18.9. The Kier molecular flexibility index (Phi) is 7.02. The van der Waals surface area contributed by atoms with Crippen molar-refractivity contribution >= 4 is 11.7 Å². The van der Waals surface area contributed by atoms with Crippen molar-refractivity contribution in [3.8, 4) is 17.2 Å². The Balaban J connectivity index is 1.29. The number of benzene rings is 2. The topological polar surface area (TPSA) is 84.1 Å². The number of likely N-dealkylation sites (tertiary alicyclic amines) is 1. The second-order valence-corrected chi connectivity index (χ2v) is 8.28. The fourth-order valence-electron chi connectivity index (χ4n) is 4.57. The summed E-state index contributed by atoms with van der Waals surface area (Å²) >= 11 is 0. The quantitative estimate of drug-likeness (QED) is 0.637. The summed E-state index contributed by atoms with van der Waals surface area (Å²) in [6.07, 6.45) is 2.96. The van der Waals surface area contributed by atoms with Crippen molar-refractivity contribution in [1.82, 2.24) is 15.8 Å². The van der Waals surface area contributed by atoms with Gasteiger partial charge in [0, 0.05) is 31.2 Å². The predicted octanol–water partition coefficient (Wildman–Crippen LogP) is 3.56. The van der Waals surface area contributed by atoms with E-state index >= 15 is 0 Å². The highest BCUT2D eigenvalue weighted by molar-refractivity contribution is 5.91. The van der Waals surface area contributed by atoms with Crippen molar-refractivity contribution < 1.29 is 19.0 Å². The van der Waals surface area contributed by atoms with E-state index in [9.17, 15) is 4.79 Å². The van der Waals surface area contributed by atoms with Gasteiger partial charge in [-0.3, -0.25) is 10.9 Å². The highest BCUT2D eigenvalue weighted by atomic mass is 16.5. The highest BCUT2D eigenvalue weighted by Crippen LogP contribution is 2.33. The summed E-state index contributed by atoms with van der Waals surface area (Å²) < 4.78 is 16.0. The van der Waals surface area contributed by atoms with Gasteiger partial charge in [0.1, 0.15) is 17.2 Å². The molecule has 2 heterocycles. The fourth-order valence-corrected chi connectivity index (χ4v) is 4.57. The van der Waals surface area contributed by atoms with E-state index in [1.165, 1.54) is 5.56 Å². The van der Waals surface area contributed by atoms with Gasteiger partial charge in [-0.15, -0.1) is 0 Å². The maximum atomic E-state index is 12.8. The number of hydrazine groups is 1. The van der Waals surface area contributed by atoms with Gasteiger partial charge in [0.2, 0.25) is 0 Å². The largest absolute Gasteiger partial charge is 0.497 e. The molecule has 8 nitrogen and oxygen atoms in total. The monoisotopic (exact) mass is 440 g/mol. The average molecular weight is 441 g/mol. The molecule has 32 heavy (non-hydrogen) atoms. The van der Waals surface area contributed by atoms with Gasteiger partial charge in [0.25, 0.3) is 0 Å². The number of carbonyl (C=O) groups is 1. The van der Waals surface area contributed by atoms with E-state index in [0.717, 1.165) is 38.1 Å². The lowest BCUT2D eigenvalue weighted by Crippen LogP contribution is -2.45. The number of nitrogens with zero attached hydrogens (tertiary/aromatic N) is 1. The van der Waals surface area contributed by atoms with Crippen LogP contribution >= 0.6 is 0 Å². The first-order chi connectivity index (χ1) is 15.6. The molecule has 0 aromatic heterocycles. The summed E-state index contributed by atoms with van der Waals surface area (Å²) in [7, 11) is 4.87. The molecule has 0 spiro atoms. The van der Waals surface area contributed by atoms with Crippen LogP contribution in [0.15, 0.2) is 42.5 Å². The van der Waals surface area contributed by atoms with Gasteiger partial charge in [-0.1, -0.05) is 12.1 Å². The van der Waals surface area contributed by atoms with Crippen molar-refractivity contribution in [3.63, 3.8) is 0 Å². The molecule has 2 fully saturated rings. The first-order valence-electron chi connectivity index (χ1n) is 11.0. The van der Waals surface area contributed by atoms with Crippen LogP contribution in [0, 0.1) is 5.92 Å². The van der Waals surface area contributed by atoms with E-state index in [4.69, 9.17) is 14.2 Å². The van der Waals surface area contributed by atoms with Gasteiger partial charge in [0.05, 0.1) is 27.0 Å². The maximum Gasteiger partial charge on any atom is 0.321 e. The summed E-state index contributed by atoms with van der Waals surface area (Å²) in [5.41, 5.74) is 8.79. The number of amides is 2. The van der Waals surface area contributed by atoms with Gasteiger partial charge in [-0.05, 0) is 55.0 Å². The Morgan fingerprint density at radius 3 is 2.44 bits per heavy atom. The van der Waals surface area contributed by atoms with Crippen LogP contribution in [-0.4, -0.2) is 51.4 Å². The first kappa shape index (κ1) is 22.2. The summed E-state index contributed by atoms with van der Waals surface area (Å²) in [5, 5.41) is 2.97. The van der Waals surface area contributed by atoms with E-state index < -0.39 is 0 Å². The zero-order chi connectivity index (χ0) is 22.5. The Labute approximate surface area is 189 Å². The molecule has 2 amide bonds. The summed E-state index contributed by atoms with van der Waals surface area (Å²) in [6, 6.07) is 14.1. The number of methoxy groups -OCH3 is 3. The van der Waals surface area contributed by atoms with Crippen LogP contribution in [0.1, 0.15) is 30.9 Å². The van der Waals surface area contributed by atoms with E-state index in [1.54, 1.807) is 33.5 Å². The molecule has 3 N–H and O–H groups in total. The lowest BCUT2D eigenvalue weighted by Gasteiger charge is -2.34. The molecule has 2 saturated heterocycles. The molecule has 0 saturated carbocycles. The summed E-state index contributed by atoms with van der Waals surface area (Å²) in [5.74, 6) is 2.67. The third-order valence-electron chi connectivity index (χ3n) is 6.47. The third-order valence-corrected chi connectivity index (χ3v) is 6.47. The van der Waals surface area contributed by atoms with E-state index in [1.807, 2.05) is 23.1 Å². The van der Waals surface area contributed by atoms with Crippen molar-refractivity contribution in [1.29, 1.82) is 0 Å². The molecule has 8 heteroatoms. The highest BCUT2D eigenvalue weighted by Gasteiger charge is 2.34. The maximum absolute atomic E-state index is 12.8. The van der Waals surface area contributed by atoms with Gasteiger partial charge in [-0.25, -0.2) is 4.79 Å². The minimum Gasteiger partial charge on any atom is -0.497 e. The molecule has 4 rings (SSSR count). The minimum absolute atomic E-state index is 0.0984. The standard InChI is InChI=1S/C24H32N4O4/c1-30-18-6-4-5-17(13-18)22-15-21(26-27-22)16-9-11-28(12-10-16)24(29)25-20-8-7-19(31-2)14-23(20)32-3/h4-8,13-14,16,21-22,26-27H,9-12,15H2,1-3H3,(H,25,29). The van der Waals surface area contributed by atoms with Gasteiger partial charge >= 0.3 is 6.03 Å². The predicted molar refractivity (Wildman–Crippen MR) is 123 cm³/mol. The number of carbonyl (C=O) groups excluding carboxylic acids is 1. The second kappa shape index (κ2) is 10.1. The first-order valence-corrected chi connectivity index (χ1v) is 11.0. The van der Waals surface area contributed by atoms with E-state index in [2.05, 4.69) is 28.3 Å². The van der Waals surface area contributed by atoms with Crippen molar-refractivity contribution in [2.75, 3.05) is 39.7 Å². The smallest absolute Gasteiger partial charge is 0.321 e. The van der Waals surface area contributed by atoms with Crippen LogP contribution < -0.4 is 30.4 Å². The van der Waals surface area contributed by atoms with Crippen LogP contribution in [0.2, 0.25) is 0 Å². The van der Waals surface area contributed by atoms with Crippen LogP contribution in [0.4, 0.5) is 10.5 Å². The molecular weight excluding hydrogens is 408 g/mol. The molecule has 2 aromatic carbocycles. The Morgan fingerprint density at radius 2 is 1.72 bits per heavy atom. The van der Waals surface area contributed by atoms with Crippen molar-refractivity contribution in [2.45, 2.75) is 31.3 Å². The molecule has 172 valence electrons. The molecule has 2 aliphatic rings. The third kappa shape index (κ3) is 4.92. The SMILES string of the molecule is COc1cccc(C2CC(C3CCN(C(=O)Nc4ccc(OC)cc4OC)CC3)NN2)c1. The lowest BCUT2D eigenvalue weighted by molar-refractivity contribution is 0.169. The minimum atomic E-state index is -0.0984. The number of anilines is 1. The molecule has 2 aromatic rings. The van der Waals surface area contributed by atoms with Crippen molar-refractivity contribution in [3.05, 3.63) is 48.0 Å². The lowest BCUT2D eigenvalue weighted by atomic mass is 9.86.